The monoisotopic (exact) mass is 244 g/mol. The van der Waals surface area contributed by atoms with Gasteiger partial charge in [0.2, 0.25) is 11.8 Å². The third-order valence-electron chi connectivity index (χ3n) is 3.03. The summed E-state index contributed by atoms with van der Waals surface area (Å²) in [7, 11) is 0. The predicted octanol–water partition coefficient (Wildman–Crippen LogP) is 0.0999. The van der Waals surface area contributed by atoms with Crippen molar-refractivity contribution in [2.24, 2.45) is 11.7 Å². The molecule has 92 valence electrons. The van der Waals surface area contributed by atoms with Gasteiger partial charge < -0.3 is 5.73 Å². The number of primary amides is 1. The molecule has 1 atom stereocenters. The topological polar surface area (TPSA) is 100 Å². The molecular weight excluding hydrogens is 232 g/mol. The zero-order valence-corrected chi connectivity index (χ0v) is 9.88. The first-order chi connectivity index (χ1) is 8.54. The maximum atomic E-state index is 11.8. The fourth-order valence-electron chi connectivity index (χ4n) is 1.99. The van der Waals surface area contributed by atoms with Crippen molar-refractivity contribution in [2.45, 2.75) is 13.3 Å². The Labute approximate surface area is 104 Å². The fraction of sp³-hybridized carbons (Fsp3) is 0.333. The van der Waals surface area contributed by atoms with Crippen LogP contribution >= 0.6 is 0 Å². The number of anilines is 1. The standard InChI is InChI=1S/C12H12N4O2/c1-7-2-3-15-12(9(7)5-13)16-6-8(11(14)18)4-10(16)17/h2-3,8H,4,6H2,1H3,(H2,14,18). The zero-order chi connectivity index (χ0) is 13.3. The summed E-state index contributed by atoms with van der Waals surface area (Å²) in [6, 6.07) is 3.74. The number of carbonyl (C=O) groups excluding carboxylic acids is 2. The smallest absolute Gasteiger partial charge is 0.229 e. The van der Waals surface area contributed by atoms with Gasteiger partial charge in [0.1, 0.15) is 6.07 Å². The molecular formula is C12H12N4O2. The molecule has 0 saturated carbocycles. The molecule has 6 heteroatoms. The van der Waals surface area contributed by atoms with Crippen molar-refractivity contribution >= 4 is 17.6 Å². The molecule has 1 aromatic rings. The Hall–Kier alpha value is -2.42. The number of amides is 2. The van der Waals surface area contributed by atoms with Gasteiger partial charge in [-0.2, -0.15) is 5.26 Å². The van der Waals surface area contributed by atoms with E-state index >= 15 is 0 Å². The van der Waals surface area contributed by atoms with Crippen molar-refractivity contribution in [3.8, 4) is 6.07 Å². The van der Waals surface area contributed by atoms with Crippen LogP contribution in [0.5, 0.6) is 0 Å². The van der Waals surface area contributed by atoms with Crippen molar-refractivity contribution in [2.75, 3.05) is 11.4 Å². The second kappa shape index (κ2) is 4.45. The summed E-state index contributed by atoms with van der Waals surface area (Å²) in [6.07, 6.45) is 1.62. The zero-order valence-electron chi connectivity index (χ0n) is 9.88. The first-order valence-electron chi connectivity index (χ1n) is 5.50. The molecule has 1 aromatic heterocycles. The van der Waals surface area contributed by atoms with Crippen LogP contribution < -0.4 is 10.6 Å². The lowest BCUT2D eigenvalue weighted by Crippen LogP contribution is -2.29. The molecule has 2 N–H and O–H groups in total. The van der Waals surface area contributed by atoms with E-state index in [9.17, 15) is 9.59 Å². The van der Waals surface area contributed by atoms with Gasteiger partial charge in [0, 0.05) is 19.2 Å². The van der Waals surface area contributed by atoms with Crippen molar-refractivity contribution in [1.29, 1.82) is 5.26 Å². The van der Waals surface area contributed by atoms with E-state index in [1.165, 1.54) is 11.1 Å². The van der Waals surface area contributed by atoms with E-state index in [0.717, 1.165) is 5.56 Å². The Morgan fingerprint density at radius 1 is 1.67 bits per heavy atom. The van der Waals surface area contributed by atoms with Gasteiger partial charge >= 0.3 is 0 Å². The molecule has 0 bridgehead atoms. The van der Waals surface area contributed by atoms with E-state index in [1.54, 1.807) is 13.0 Å². The predicted molar refractivity (Wildman–Crippen MR) is 63.3 cm³/mol. The number of rotatable bonds is 2. The van der Waals surface area contributed by atoms with Crippen molar-refractivity contribution < 1.29 is 9.59 Å². The van der Waals surface area contributed by atoms with E-state index in [-0.39, 0.29) is 18.9 Å². The number of nitriles is 1. The van der Waals surface area contributed by atoms with Crippen LogP contribution in [0.2, 0.25) is 0 Å². The molecule has 0 aromatic carbocycles. The molecule has 2 rings (SSSR count). The molecule has 1 aliphatic heterocycles. The summed E-state index contributed by atoms with van der Waals surface area (Å²) in [5.74, 6) is -0.928. The molecule has 1 aliphatic rings. The lowest BCUT2D eigenvalue weighted by Gasteiger charge is -2.17. The highest BCUT2D eigenvalue weighted by molar-refractivity contribution is 6.00. The maximum absolute atomic E-state index is 11.8. The van der Waals surface area contributed by atoms with Crippen LogP contribution in [0.25, 0.3) is 0 Å². The Morgan fingerprint density at radius 2 is 2.39 bits per heavy atom. The Morgan fingerprint density at radius 3 is 2.94 bits per heavy atom. The van der Waals surface area contributed by atoms with E-state index in [0.29, 0.717) is 11.4 Å². The molecule has 2 amide bonds. The average Bonchev–Trinajstić information content (AvgIpc) is 2.71. The number of hydrogen-bond donors (Lipinski definition) is 1. The van der Waals surface area contributed by atoms with Crippen LogP contribution in [0.1, 0.15) is 17.5 Å². The lowest BCUT2D eigenvalue weighted by atomic mass is 10.1. The highest BCUT2D eigenvalue weighted by atomic mass is 16.2. The first-order valence-corrected chi connectivity index (χ1v) is 5.50. The van der Waals surface area contributed by atoms with Crippen LogP contribution in [0.3, 0.4) is 0 Å². The van der Waals surface area contributed by atoms with Gasteiger partial charge in [0.05, 0.1) is 11.5 Å². The number of aryl methyl sites for hydroxylation is 1. The summed E-state index contributed by atoms with van der Waals surface area (Å²) >= 11 is 0. The molecule has 0 radical (unpaired) electrons. The van der Waals surface area contributed by atoms with Crippen molar-refractivity contribution in [3.05, 3.63) is 23.4 Å². The SMILES string of the molecule is Cc1ccnc(N2CC(C(N)=O)CC2=O)c1C#N. The highest BCUT2D eigenvalue weighted by Crippen LogP contribution is 2.27. The van der Waals surface area contributed by atoms with Crippen molar-refractivity contribution in [3.63, 3.8) is 0 Å². The number of pyridine rings is 1. The molecule has 1 unspecified atom stereocenters. The lowest BCUT2D eigenvalue weighted by molar-refractivity contribution is -0.123. The van der Waals surface area contributed by atoms with Gasteiger partial charge in [-0.1, -0.05) is 0 Å². The summed E-state index contributed by atoms with van der Waals surface area (Å²) in [5, 5.41) is 9.10. The molecule has 1 fully saturated rings. The second-order valence-corrected chi connectivity index (χ2v) is 4.25. The average molecular weight is 244 g/mol. The molecule has 0 aliphatic carbocycles. The van der Waals surface area contributed by atoms with E-state index < -0.39 is 11.8 Å². The Kier molecular flexibility index (Phi) is 2.98. The van der Waals surface area contributed by atoms with Crippen LogP contribution in [0, 0.1) is 24.2 Å². The van der Waals surface area contributed by atoms with Crippen molar-refractivity contribution in [1.82, 2.24) is 4.98 Å². The summed E-state index contributed by atoms with van der Waals surface area (Å²) in [4.78, 5) is 28.4. The fourth-order valence-corrected chi connectivity index (χ4v) is 1.99. The van der Waals surface area contributed by atoms with Gasteiger partial charge in [0.25, 0.3) is 0 Å². The van der Waals surface area contributed by atoms with Gasteiger partial charge in [0.15, 0.2) is 5.82 Å². The molecule has 18 heavy (non-hydrogen) atoms. The third-order valence-corrected chi connectivity index (χ3v) is 3.03. The van der Waals surface area contributed by atoms with Crippen LogP contribution in [-0.4, -0.2) is 23.3 Å². The minimum atomic E-state index is -0.508. The minimum absolute atomic E-state index is 0.0792. The van der Waals surface area contributed by atoms with E-state index in [2.05, 4.69) is 4.98 Å². The Balaban J connectivity index is 2.39. The van der Waals surface area contributed by atoms with E-state index in [4.69, 9.17) is 11.0 Å². The summed E-state index contributed by atoms with van der Waals surface area (Å²) in [6.45, 7) is 1.97. The second-order valence-electron chi connectivity index (χ2n) is 4.25. The first kappa shape index (κ1) is 12.0. The summed E-state index contributed by atoms with van der Waals surface area (Å²) < 4.78 is 0. The van der Waals surface area contributed by atoms with Gasteiger partial charge in [-0.3, -0.25) is 14.5 Å². The summed E-state index contributed by atoms with van der Waals surface area (Å²) in [5.41, 5.74) is 6.30. The normalized spacial score (nSPS) is 18.8. The molecule has 0 spiro atoms. The number of aromatic nitrogens is 1. The van der Waals surface area contributed by atoms with Gasteiger partial charge in [-0.15, -0.1) is 0 Å². The van der Waals surface area contributed by atoms with Crippen LogP contribution in [-0.2, 0) is 9.59 Å². The minimum Gasteiger partial charge on any atom is -0.369 e. The third kappa shape index (κ3) is 1.91. The van der Waals surface area contributed by atoms with Gasteiger partial charge in [-0.05, 0) is 18.6 Å². The van der Waals surface area contributed by atoms with Crippen LogP contribution in [0.15, 0.2) is 12.3 Å². The largest absolute Gasteiger partial charge is 0.369 e. The molecule has 2 heterocycles. The van der Waals surface area contributed by atoms with Gasteiger partial charge in [-0.25, -0.2) is 4.98 Å². The number of hydrogen-bond acceptors (Lipinski definition) is 4. The number of nitrogens with two attached hydrogens (primary N) is 1. The van der Waals surface area contributed by atoms with Crippen LogP contribution in [0.4, 0.5) is 5.82 Å². The van der Waals surface area contributed by atoms with E-state index in [1.807, 2.05) is 6.07 Å². The molecule has 6 nitrogen and oxygen atoms in total. The maximum Gasteiger partial charge on any atom is 0.229 e. The number of carbonyl (C=O) groups is 2. The highest BCUT2D eigenvalue weighted by Gasteiger charge is 2.35. The Bertz CT molecular complexity index is 562. The molecule has 1 saturated heterocycles. The quantitative estimate of drug-likeness (QED) is 0.797. The number of nitrogens with zero attached hydrogens (tertiary/aromatic N) is 3.